The number of benzene rings is 2. The van der Waals surface area contributed by atoms with Crippen LogP contribution in [-0.2, 0) is 16.0 Å². The number of hydrogen-bond donors (Lipinski definition) is 1. The van der Waals surface area contributed by atoms with Gasteiger partial charge in [0.15, 0.2) is 0 Å². The molecule has 0 aromatic heterocycles. The summed E-state index contributed by atoms with van der Waals surface area (Å²) in [5, 5.41) is 3.37. The molecule has 0 radical (unpaired) electrons. The summed E-state index contributed by atoms with van der Waals surface area (Å²) in [5.41, 5.74) is 1.60. The van der Waals surface area contributed by atoms with Gasteiger partial charge in [-0.05, 0) is 42.3 Å². The van der Waals surface area contributed by atoms with E-state index in [1.807, 2.05) is 18.2 Å². The molecule has 0 saturated heterocycles. The third-order valence-electron chi connectivity index (χ3n) is 3.44. The van der Waals surface area contributed by atoms with Crippen molar-refractivity contribution in [2.45, 2.75) is 12.8 Å². The fourth-order valence-corrected chi connectivity index (χ4v) is 2.41. The number of carbonyl (C=O) groups excluding carboxylic acids is 2. The minimum absolute atomic E-state index is 0.203. The van der Waals surface area contributed by atoms with Gasteiger partial charge in [0.05, 0.1) is 25.5 Å². The Morgan fingerprint density at radius 1 is 1.12 bits per heavy atom. The molecule has 0 fully saturated rings. The Morgan fingerprint density at radius 2 is 1.92 bits per heavy atom. The first-order chi connectivity index (χ1) is 11.5. The number of anilines is 1. The van der Waals surface area contributed by atoms with Gasteiger partial charge in [0.1, 0.15) is 5.75 Å². The van der Waals surface area contributed by atoms with Crippen LogP contribution in [0.1, 0.15) is 22.3 Å². The van der Waals surface area contributed by atoms with Crippen molar-refractivity contribution < 1.29 is 19.1 Å². The van der Waals surface area contributed by atoms with Gasteiger partial charge in [0.2, 0.25) is 5.91 Å². The monoisotopic (exact) mass is 347 g/mol. The Balaban J connectivity index is 2.06. The number of hydrogen-bond acceptors (Lipinski definition) is 4. The first kappa shape index (κ1) is 17.8. The van der Waals surface area contributed by atoms with Gasteiger partial charge in [-0.25, -0.2) is 4.79 Å². The summed E-state index contributed by atoms with van der Waals surface area (Å²) in [7, 11) is 2.78. The molecule has 0 unspecified atom stereocenters. The smallest absolute Gasteiger partial charge is 0.340 e. The average molecular weight is 348 g/mol. The van der Waals surface area contributed by atoms with E-state index in [1.54, 1.807) is 18.2 Å². The highest BCUT2D eigenvalue weighted by Crippen LogP contribution is 2.23. The molecule has 0 aliphatic rings. The van der Waals surface area contributed by atoms with Crippen LogP contribution in [0.3, 0.4) is 0 Å². The van der Waals surface area contributed by atoms with Gasteiger partial charge in [-0.3, -0.25) is 4.79 Å². The molecule has 0 bridgehead atoms. The maximum atomic E-state index is 12.2. The zero-order valence-electron chi connectivity index (χ0n) is 13.5. The highest BCUT2D eigenvalue weighted by Gasteiger charge is 2.15. The molecule has 1 amide bonds. The number of rotatable bonds is 6. The van der Waals surface area contributed by atoms with Crippen molar-refractivity contribution in [1.29, 1.82) is 0 Å². The number of aryl methyl sites for hydroxylation is 1. The van der Waals surface area contributed by atoms with Crippen molar-refractivity contribution in [3.63, 3.8) is 0 Å². The predicted octanol–water partition coefficient (Wildman–Crippen LogP) is 3.71. The highest BCUT2D eigenvalue weighted by atomic mass is 35.5. The molecular weight excluding hydrogens is 330 g/mol. The Morgan fingerprint density at radius 3 is 2.58 bits per heavy atom. The zero-order valence-corrected chi connectivity index (χ0v) is 14.2. The second-order valence-corrected chi connectivity index (χ2v) is 5.52. The molecule has 0 heterocycles. The number of ether oxygens (including phenoxy) is 2. The number of carbonyl (C=O) groups is 2. The molecule has 24 heavy (non-hydrogen) atoms. The molecule has 0 spiro atoms. The molecule has 2 rings (SSSR count). The van der Waals surface area contributed by atoms with Gasteiger partial charge in [0, 0.05) is 11.4 Å². The molecule has 5 nitrogen and oxygen atoms in total. The van der Waals surface area contributed by atoms with Gasteiger partial charge < -0.3 is 14.8 Å². The van der Waals surface area contributed by atoms with Crippen molar-refractivity contribution in [2.75, 3.05) is 19.5 Å². The predicted molar refractivity (Wildman–Crippen MR) is 92.7 cm³/mol. The lowest BCUT2D eigenvalue weighted by atomic mass is 10.1. The van der Waals surface area contributed by atoms with Crippen molar-refractivity contribution in [3.05, 3.63) is 58.6 Å². The van der Waals surface area contributed by atoms with Gasteiger partial charge in [-0.1, -0.05) is 23.7 Å². The van der Waals surface area contributed by atoms with Crippen LogP contribution in [0.15, 0.2) is 42.5 Å². The van der Waals surface area contributed by atoms with Crippen LogP contribution >= 0.6 is 11.6 Å². The molecule has 0 aliphatic carbocycles. The van der Waals surface area contributed by atoms with Gasteiger partial charge >= 0.3 is 5.97 Å². The summed E-state index contributed by atoms with van der Waals surface area (Å²) in [6.45, 7) is 0. The normalized spacial score (nSPS) is 10.1. The molecule has 2 aromatic rings. The lowest BCUT2D eigenvalue weighted by Crippen LogP contribution is -2.16. The molecule has 1 N–H and O–H groups in total. The van der Waals surface area contributed by atoms with E-state index in [1.165, 1.54) is 20.3 Å². The first-order valence-electron chi connectivity index (χ1n) is 7.34. The standard InChI is InChI=1S/C18H18ClNO4/c1-23-14-7-8-16(15(11-14)18(22)24-2)20-17(21)9-6-12-4-3-5-13(19)10-12/h3-5,7-8,10-11H,6,9H2,1-2H3,(H,20,21). The SMILES string of the molecule is COC(=O)c1cc(OC)ccc1NC(=O)CCc1cccc(Cl)c1. The first-order valence-corrected chi connectivity index (χ1v) is 7.72. The molecule has 2 aromatic carbocycles. The van der Waals surface area contributed by atoms with E-state index < -0.39 is 5.97 Å². The van der Waals surface area contributed by atoms with E-state index in [2.05, 4.69) is 5.32 Å². The van der Waals surface area contributed by atoms with Crippen molar-refractivity contribution in [1.82, 2.24) is 0 Å². The number of esters is 1. The van der Waals surface area contributed by atoms with Crippen LogP contribution < -0.4 is 10.1 Å². The number of nitrogens with one attached hydrogen (secondary N) is 1. The van der Waals surface area contributed by atoms with Crippen molar-refractivity contribution in [3.8, 4) is 5.75 Å². The third kappa shape index (κ3) is 4.73. The summed E-state index contributed by atoms with van der Waals surface area (Å²) in [5.74, 6) is -0.239. The lowest BCUT2D eigenvalue weighted by molar-refractivity contribution is -0.116. The van der Waals surface area contributed by atoms with Gasteiger partial charge in [0.25, 0.3) is 0 Å². The Bertz CT molecular complexity index is 746. The second kappa shape index (κ2) is 8.36. The van der Waals surface area contributed by atoms with E-state index in [0.29, 0.717) is 22.9 Å². The van der Waals surface area contributed by atoms with E-state index in [-0.39, 0.29) is 17.9 Å². The Kier molecular flexibility index (Phi) is 6.21. The minimum Gasteiger partial charge on any atom is -0.497 e. The third-order valence-corrected chi connectivity index (χ3v) is 3.67. The van der Waals surface area contributed by atoms with E-state index >= 15 is 0 Å². The number of amides is 1. The summed E-state index contributed by atoms with van der Waals surface area (Å²) >= 11 is 5.93. The molecule has 0 saturated carbocycles. The lowest BCUT2D eigenvalue weighted by Gasteiger charge is -2.11. The van der Waals surface area contributed by atoms with Crippen LogP contribution in [0.5, 0.6) is 5.75 Å². The molecule has 0 aliphatic heterocycles. The van der Waals surface area contributed by atoms with Gasteiger partial charge in [-0.2, -0.15) is 0 Å². The van der Waals surface area contributed by atoms with E-state index in [9.17, 15) is 9.59 Å². The molecular formula is C18H18ClNO4. The average Bonchev–Trinajstić information content (AvgIpc) is 2.59. The molecule has 126 valence electrons. The van der Waals surface area contributed by atoms with E-state index in [4.69, 9.17) is 21.1 Å². The van der Waals surface area contributed by atoms with Crippen molar-refractivity contribution >= 4 is 29.2 Å². The number of methoxy groups -OCH3 is 2. The quantitative estimate of drug-likeness (QED) is 0.809. The van der Waals surface area contributed by atoms with Crippen molar-refractivity contribution in [2.24, 2.45) is 0 Å². The fraction of sp³-hybridized carbons (Fsp3) is 0.222. The largest absolute Gasteiger partial charge is 0.497 e. The van der Waals surface area contributed by atoms with Crippen LogP contribution in [0.2, 0.25) is 5.02 Å². The Labute approximate surface area is 145 Å². The summed E-state index contributed by atoms with van der Waals surface area (Å²) in [4.78, 5) is 24.0. The maximum absolute atomic E-state index is 12.2. The van der Waals surface area contributed by atoms with Crippen LogP contribution in [0.4, 0.5) is 5.69 Å². The number of halogens is 1. The summed E-state index contributed by atoms with van der Waals surface area (Å²) < 4.78 is 9.83. The van der Waals surface area contributed by atoms with Gasteiger partial charge in [-0.15, -0.1) is 0 Å². The molecule has 6 heteroatoms. The summed E-state index contributed by atoms with van der Waals surface area (Å²) in [6, 6.07) is 12.2. The van der Waals surface area contributed by atoms with Crippen LogP contribution in [0, 0.1) is 0 Å². The van der Waals surface area contributed by atoms with E-state index in [0.717, 1.165) is 5.56 Å². The molecule has 0 atom stereocenters. The zero-order chi connectivity index (χ0) is 17.5. The summed E-state index contributed by atoms with van der Waals surface area (Å²) in [6.07, 6.45) is 0.823. The van der Waals surface area contributed by atoms with Crippen LogP contribution in [0.25, 0.3) is 0 Å². The topological polar surface area (TPSA) is 64.6 Å². The highest BCUT2D eigenvalue weighted by molar-refractivity contribution is 6.30. The Hall–Kier alpha value is -2.53. The van der Waals surface area contributed by atoms with Crippen LogP contribution in [-0.4, -0.2) is 26.1 Å². The second-order valence-electron chi connectivity index (χ2n) is 5.08. The maximum Gasteiger partial charge on any atom is 0.340 e. The fourth-order valence-electron chi connectivity index (χ4n) is 2.20. The minimum atomic E-state index is -0.543.